The highest BCUT2D eigenvalue weighted by Crippen LogP contribution is 2.35. The Morgan fingerprint density at radius 1 is 1.39 bits per heavy atom. The Hall–Kier alpha value is -1.96. The molecule has 0 aromatic heterocycles. The Bertz CT molecular complexity index is 555. The van der Waals surface area contributed by atoms with Gasteiger partial charge in [0, 0.05) is 13.1 Å². The first kappa shape index (κ1) is 17.4. The Morgan fingerprint density at radius 3 is 2.61 bits per heavy atom. The maximum Gasteiger partial charge on any atom is 0.416 e. The Balaban J connectivity index is 2.17. The van der Waals surface area contributed by atoms with Crippen LogP contribution in [0.5, 0.6) is 5.75 Å². The number of carbonyl (C=O) groups excluding carboxylic acids is 1. The fourth-order valence-corrected chi connectivity index (χ4v) is 2.35. The number of hydrogen-bond acceptors (Lipinski definition) is 3. The first-order valence-corrected chi connectivity index (χ1v) is 7.39. The molecule has 1 aliphatic rings. The number of piperidine rings is 1. The van der Waals surface area contributed by atoms with Crippen molar-refractivity contribution in [3.63, 3.8) is 0 Å². The molecule has 0 unspecified atom stereocenters. The highest BCUT2D eigenvalue weighted by molar-refractivity contribution is 5.91. The van der Waals surface area contributed by atoms with Crippen molar-refractivity contribution in [1.29, 1.82) is 0 Å². The van der Waals surface area contributed by atoms with Gasteiger partial charge < -0.3 is 20.1 Å². The van der Waals surface area contributed by atoms with Gasteiger partial charge in [-0.25, -0.2) is 4.79 Å². The number of rotatable bonds is 3. The number of likely N-dealkylation sites (tertiary alicyclic amines) is 1. The third-order valence-corrected chi connectivity index (χ3v) is 3.60. The number of urea groups is 1. The summed E-state index contributed by atoms with van der Waals surface area (Å²) in [5.74, 6) is 0.186. The average Bonchev–Trinajstić information content (AvgIpc) is 2.48. The number of benzene rings is 1. The molecule has 0 spiro atoms. The van der Waals surface area contributed by atoms with Gasteiger partial charge in [-0.05, 0) is 38.0 Å². The normalized spacial score (nSPS) is 16.3. The van der Waals surface area contributed by atoms with Crippen LogP contribution in [0, 0.1) is 0 Å². The number of alkyl halides is 3. The summed E-state index contributed by atoms with van der Waals surface area (Å²) in [4.78, 5) is 13.6. The fraction of sp³-hybridized carbons (Fsp3) is 0.533. The number of aliphatic hydroxyl groups excluding tert-OH is 1. The van der Waals surface area contributed by atoms with Crippen LogP contribution in [0.4, 0.5) is 23.7 Å². The van der Waals surface area contributed by atoms with Gasteiger partial charge in [0.1, 0.15) is 5.75 Å². The Labute approximate surface area is 132 Å². The average molecular weight is 332 g/mol. The van der Waals surface area contributed by atoms with Crippen molar-refractivity contribution < 1.29 is 27.8 Å². The van der Waals surface area contributed by atoms with E-state index in [1.54, 1.807) is 6.92 Å². The van der Waals surface area contributed by atoms with Crippen LogP contribution in [0.25, 0.3) is 0 Å². The van der Waals surface area contributed by atoms with Gasteiger partial charge in [-0.1, -0.05) is 0 Å². The molecule has 2 N–H and O–H groups in total. The van der Waals surface area contributed by atoms with E-state index in [9.17, 15) is 23.1 Å². The molecule has 2 rings (SSSR count). The number of ether oxygens (including phenoxy) is 1. The lowest BCUT2D eigenvalue weighted by molar-refractivity contribution is -0.137. The highest BCUT2D eigenvalue weighted by Gasteiger charge is 2.31. The lowest BCUT2D eigenvalue weighted by atomic mass is 10.1. The van der Waals surface area contributed by atoms with E-state index in [-0.39, 0.29) is 18.0 Å². The van der Waals surface area contributed by atoms with Crippen molar-refractivity contribution in [2.75, 3.05) is 25.0 Å². The first-order chi connectivity index (χ1) is 10.8. The van der Waals surface area contributed by atoms with Crippen LogP contribution < -0.4 is 10.1 Å². The largest absolute Gasteiger partial charge is 0.492 e. The van der Waals surface area contributed by atoms with Gasteiger partial charge in [0.25, 0.3) is 0 Å². The summed E-state index contributed by atoms with van der Waals surface area (Å²) in [6.45, 7) is 2.69. The van der Waals surface area contributed by atoms with Crippen LogP contribution in [-0.2, 0) is 6.18 Å². The number of carbonyl (C=O) groups is 1. The predicted octanol–water partition coefficient (Wildman–Crippen LogP) is 3.09. The predicted molar refractivity (Wildman–Crippen MR) is 78.4 cm³/mol. The van der Waals surface area contributed by atoms with Crippen molar-refractivity contribution in [3.8, 4) is 5.75 Å². The molecule has 1 aromatic carbocycles. The van der Waals surface area contributed by atoms with E-state index in [1.165, 1.54) is 11.0 Å². The second-order valence-electron chi connectivity index (χ2n) is 5.29. The van der Waals surface area contributed by atoms with Crippen molar-refractivity contribution >= 4 is 11.7 Å². The molecule has 1 saturated heterocycles. The Morgan fingerprint density at radius 2 is 2.04 bits per heavy atom. The fourth-order valence-electron chi connectivity index (χ4n) is 2.35. The minimum absolute atomic E-state index is 0.0159. The van der Waals surface area contributed by atoms with E-state index >= 15 is 0 Å². The van der Waals surface area contributed by atoms with Crippen LogP contribution in [0.15, 0.2) is 18.2 Å². The second kappa shape index (κ2) is 7.08. The van der Waals surface area contributed by atoms with Gasteiger partial charge in [-0.15, -0.1) is 0 Å². The number of amides is 2. The zero-order chi connectivity index (χ0) is 17.0. The number of halogens is 3. The zero-order valence-electron chi connectivity index (χ0n) is 12.7. The molecule has 128 valence electrons. The SMILES string of the molecule is CCOc1ccc(C(F)(F)F)cc1NC(=O)N1CCC(O)CC1. The molecule has 23 heavy (non-hydrogen) atoms. The highest BCUT2D eigenvalue weighted by atomic mass is 19.4. The molecule has 0 radical (unpaired) electrons. The summed E-state index contributed by atoms with van der Waals surface area (Å²) >= 11 is 0. The van der Waals surface area contributed by atoms with E-state index in [0.29, 0.717) is 25.9 Å². The van der Waals surface area contributed by atoms with Gasteiger partial charge in [-0.3, -0.25) is 0 Å². The third-order valence-electron chi connectivity index (χ3n) is 3.60. The van der Waals surface area contributed by atoms with Crippen molar-refractivity contribution in [2.24, 2.45) is 0 Å². The number of hydrogen-bond donors (Lipinski definition) is 2. The molecule has 1 aromatic rings. The Kier molecular flexibility index (Phi) is 5.35. The number of nitrogens with zero attached hydrogens (tertiary/aromatic N) is 1. The quantitative estimate of drug-likeness (QED) is 0.894. The molecule has 8 heteroatoms. The number of aliphatic hydroxyl groups is 1. The van der Waals surface area contributed by atoms with Gasteiger partial charge in [0.05, 0.1) is 24.0 Å². The summed E-state index contributed by atoms with van der Waals surface area (Å²) in [5, 5.41) is 11.9. The molecule has 5 nitrogen and oxygen atoms in total. The van der Waals surface area contributed by atoms with Crippen LogP contribution in [0.1, 0.15) is 25.3 Å². The molecule has 0 bridgehead atoms. The molecule has 0 saturated carbocycles. The van der Waals surface area contributed by atoms with Crippen LogP contribution in [0.3, 0.4) is 0 Å². The maximum absolute atomic E-state index is 12.8. The minimum atomic E-state index is -4.50. The third kappa shape index (κ3) is 4.51. The van der Waals surface area contributed by atoms with Gasteiger partial charge >= 0.3 is 12.2 Å². The molecule has 2 amide bonds. The molecular formula is C15H19F3N2O3. The monoisotopic (exact) mass is 332 g/mol. The topological polar surface area (TPSA) is 61.8 Å². The van der Waals surface area contributed by atoms with Crippen molar-refractivity contribution in [3.05, 3.63) is 23.8 Å². The van der Waals surface area contributed by atoms with E-state index in [4.69, 9.17) is 4.74 Å². The standard InChI is InChI=1S/C15H19F3N2O3/c1-2-23-13-4-3-10(15(16,17)18)9-12(13)19-14(22)20-7-5-11(21)6-8-20/h3-4,9,11,21H,2,5-8H2,1H3,(H,19,22). The first-order valence-electron chi connectivity index (χ1n) is 7.39. The lowest BCUT2D eigenvalue weighted by Crippen LogP contribution is -2.42. The minimum Gasteiger partial charge on any atom is -0.492 e. The molecule has 1 fully saturated rings. The smallest absolute Gasteiger partial charge is 0.416 e. The summed E-state index contributed by atoms with van der Waals surface area (Å²) in [5.41, 5.74) is -0.872. The van der Waals surface area contributed by atoms with Gasteiger partial charge in [0.15, 0.2) is 0 Å². The summed E-state index contributed by atoms with van der Waals surface area (Å²) in [6.07, 6.45) is -4.03. The van der Waals surface area contributed by atoms with Crippen LogP contribution >= 0.6 is 0 Å². The molecule has 1 heterocycles. The van der Waals surface area contributed by atoms with E-state index in [2.05, 4.69) is 5.32 Å². The summed E-state index contributed by atoms with van der Waals surface area (Å²) < 4.78 is 43.8. The molecular weight excluding hydrogens is 313 g/mol. The van der Waals surface area contributed by atoms with Crippen LogP contribution in [-0.4, -0.2) is 41.8 Å². The molecule has 0 aliphatic carbocycles. The van der Waals surface area contributed by atoms with E-state index < -0.39 is 23.9 Å². The second-order valence-corrected chi connectivity index (χ2v) is 5.29. The van der Waals surface area contributed by atoms with Crippen molar-refractivity contribution in [2.45, 2.75) is 32.0 Å². The van der Waals surface area contributed by atoms with E-state index in [0.717, 1.165) is 12.1 Å². The molecule has 0 atom stereocenters. The number of anilines is 1. The number of nitrogens with one attached hydrogen (secondary N) is 1. The summed E-state index contributed by atoms with van der Waals surface area (Å²) in [6, 6.07) is 2.47. The van der Waals surface area contributed by atoms with Gasteiger partial charge in [0.2, 0.25) is 0 Å². The van der Waals surface area contributed by atoms with E-state index in [1.807, 2.05) is 0 Å². The lowest BCUT2D eigenvalue weighted by Gasteiger charge is -2.30. The molecule has 1 aliphatic heterocycles. The zero-order valence-corrected chi connectivity index (χ0v) is 12.7. The van der Waals surface area contributed by atoms with Gasteiger partial charge in [-0.2, -0.15) is 13.2 Å². The maximum atomic E-state index is 12.8. The summed E-state index contributed by atoms with van der Waals surface area (Å²) in [7, 11) is 0. The van der Waals surface area contributed by atoms with Crippen LogP contribution in [0.2, 0.25) is 0 Å². The van der Waals surface area contributed by atoms with Crippen molar-refractivity contribution in [1.82, 2.24) is 4.90 Å².